The molecule has 114 valence electrons. The number of ether oxygens (including phenoxy) is 3. The predicted octanol–water partition coefficient (Wildman–Crippen LogP) is 2.93. The summed E-state index contributed by atoms with van der Waals surface area (Å²) in [6.07, 6.45) is -0.603. The highest BCUT2D eigenvalue weighted by Crippen LogP contribution is 2.26. The van der Waals surface area contributed by atoms with Crippen LogP contribution in [0.2, 0.25) is 0 Å². The van der Waals surface area contributed by atoms with Crippen molar-refractivity contribution in [2.45, 2.75) is 26.4 Å². The van der Waals surface area contributed by atoms with E-state index in [4.69, 9.17) is 19.5 Å². The number of hydrogen-bond donors (Lipinski definition) is 1. The van der Waals surface area contributed by atoms with Gasteiger partial charge in [0.1, 0.15) is 18.0 Å². The van der Waals surface area contributed by atoms with Crippen molar-refractivity contribution < 1.29 is 19.0 Å². The highest BCUT2D eigenvalue weighted by Gasteiger charge is 2.17. The molecule has 0 spiro atoms. The molecule has 0 unspecified atom stereocenters. The molecule has 0 aliphatic rings. The quantitative estimate of drug-likeness (QED) is 0.844. The van der Waals surface area contributed by atoms with Crippen LogP contribution in [0.25, 0.3) is 0 Å². The molecular formula is C15H20N2O4. The highest BCUT2D eigenvalue weighted by atomic mass is 16.6. The number of hydrogen-bond acceptors (Lipinski definition) is 5. The number of anilines is 1. The molecule has 1 rings (SSSR count). The van der Waals surface area contributed by atoms with Gasteiger partial charge < -0.3 is 14.2 Å². The van der Waals surface area contributed by atoms with Crippen molar-refractivity contribution in [2.75, 3.05) is 25.6 Å². The second kappa shape index (κ2) is 7.50. The van der Waals surface area contributed by atoms with Gasteiger partial charge in [0.25, 0.3) is 0 Å². The minimum atomic E-state index is -0.603. The number of carbonyl (C=O) groups excluding carboxylic acids is 1. The first kappa shape index (κ1) is 16.8. The topological polar surface area (TPSA) is 80.6 Å². The third-order valence-electron chi connectivity index (χ3n) is 2.29. The van der Waals surface area contributed by atoms with Crippen molar-refractivity contribution in [2.24, 2.45) is 0 Å². The Balaban J connectivity index is 2.86. The van der Waals surface area contributed by atoms with Crippen LogP contribution in [0.1, 0.15) is 26.3 Å². The van der Waals surface area contributed by atoms with Gasteiger partial charge in [-0.3, -0.25) is 5.32 Å². The smallest absolute Gasteiger partial charge is 0.412 e. The Morgan fingerprint density at radius 3 is 2.62 bits per heavy atom. The Labute approximate surface area is 124 Å². The zero-order valence-electron chi connectivity index (χ0n) is 12.7. The Bertz CT molecular complexity index is 529. The molecule has 0 saturated heterocycles. The molecule has 0 fully saturated rings. The van der Waals surface area contributed by atoms with E-state index in [1.165, 1.54) is 6.07 Å². The third-order valence-corrected chi connectivity index (χ3v) is 2.29. The van der Waals surface area contributed by atoms with Gasteiger partial charge in [-0.2, -0.15) is 5.26 Å². The summed E-state index contributed by atoms with van der Waals surface area (Å²) >= 11 is 0. The minimum Gasteiger partial charge on any atom is -0.489 e. The van der Waals surface area contributed by atoms with E-state index in [0.717, 1.165) is 0 Å². The molecule has 21 heavy (non-hydrogen) atoms. The highest BCUT2D eigenvalue weighted by molar-refractivity contribution is 5.87. The molecule has 0 bridgehead atoms. The van der Waals surface area contributed by atoms with Crippen molar-refractivity contribution in [3.8, 4) is 11.8 Å². The minimum absolute atomic E-state index is 0.339. The first-order valence-corrected chi connectivity index (χ1v) is 6.51. The van der Waals surface area contributed by atoms with E-state index in [1.807, 2.05) is 6.07 Å². The van der Waals surface area contributed by atoms with Crippen molar-refractivity contribution in [3.05, 3.63) is 23.8 Å². The maximum atomic E-state index is 11.8. The predicted molar refractivity (Wildman–Crippen MR) is 78.4 cm³/mol. The number of nitriles is 1. The second-order valence-electron chi connectivity index (χ2n) is 5.29. The maximum Gasteiger partial charge on any atom is 0.412 e. The molecule has 0 heterocycles. The van der Waals surface area contributed by atoms with Gasteiger partial charge in [-0.25, -0.2) is 4.79 Å². The molecule has 0 aliphatic heterocycles. The van der Waals surface area contributed by atoms with E-state index in [0.29, 0.717) is 30.2 Å². The Kier molecular flexibility index (Phi) is 6.00. The molecule has 0 saturated carbocycles. The largest absolute Gasteiger partial charge is 0.489 e. The van der Waals surface area contributed by atoms with E-state index in [1.54, 1.807) is 40.0 Å². The average Bonchev–Trinajstić information content (AvgIpc) is 2.38. The fourth-order valence-corrected chi connectivity index (χ4v) is 1.47. The second-order valence-corrected chi connectivity index (χ2v) is 5.29. The van der Waals surface area contributed by atoms with Crippen molar-refractivity contribution >= 4 is 11.8 Å². The summed E-state index contributed by atoms with van der Waals surface area (Å²) in [5, 5.41) is 11.5. The molecule has 0 atom stereocenters. The number of carbonyl (C=O) groups is 1. The summed E-state index contributed by atoms with van der Waals surface area (Å²) in [6.45, 7) is 6.08. The zero-order valence-corrected chi connectivity index (χ0v) is 12.7. The monoisotopic (exact) mass is 292 g/mol. The van der Waals surface area contributed by atoms with Crippen LogP contribution < -0.4 is 10.1 Å². The number of benzene rings is 1. The molecule has 0 radical (unpaired) electrons. The van der Waals surface area contributed by atoms with Gasteiger partial charge in [0, 0.05) is 7.11 Å². The fraction of sp³-hybridized carbons (Fsp3) is 0.467. The summed E-state index contributed by atoms with van der Waals surface area (Å²) in [5.74, 6) is 0.455. The molecule has 0 aliphatic carbocycles. The van der Waals surface area contributed by atoms with E-state index >= 15 is 0 Å². The molecule has 0 aromatic heterocycles. The van der Waals surface area contributed by atoms with Gasteiger partial charge in [-0.15, -0.1) is 0 Å². The number of rotatable bonds is 5. The van der Waals surface area contributed by atoms with Gasteiger partial charge in [0.2, 0.25) is 0 Å². The number of nitrogens with zero attached hydrogens (tertiary/aromatic N) is 1. The Morgan fingerprint density at radius 1 is 1.33 bits per heavy atom. The van der Waals surface area contributed by atoms with Gasteiger partial charge in [-0.1, -0.05) is 0 Å². The molecule has 1 aromatic rings. The van der Waals surface area contributed by atoms with Crippen LogP contribution >= 0.6 is 0 Å². The van der Waals surface area contributed by atoms with Crippen molar-refractivity contribution in [1.29, 1.82) is 5.26 Å². The first-order valence-electron chi connectivity index (χ1n) is 6.51. The Morgan fingerprint density at radius 2 is 2.05 bits per heavy atom. The lowest BCUT2D eigenvalue weighted by Crippen LogP contribution is -2.27. The molecule has 1 N–H and O–H groups in total. The van der Waals surface area contributed by atoms with Gasteiger partial charge in [-0.05, 0) is 39.0 Å². The average molecular weight is 292 g/mol. The summed E-state index contributed by atoms with van der Waals surface area (Å²) in [7, 11) is 1.57. The standard InChI is InChI=1S/C15H20N2O4/c1-15(2,3)21-14(18)17-12-9-11(10-16)5-6-13(12)20-8-7-19-4/h5-6,9H,7-8H2,1-4H3,(H,17,18). The van der Waals surface area contributed by atoms with Gasteiger partial charge in [0.15, 0.2) is 0 Å². The molecular weight excluding hydrogens is 272 g/mol. The van der Waals surface area contributed by atoms with Gasteiger partial charge >= 0.3 is 6.09 Å². The normalized spacial score (nSPS) is 10.6. The van der Waals surface area contributed by atoms with E-state index in [9.17, 15) is 4.79 Å². The third kappa shape index (κ3) is 6.15. The van der Waals surface area contributed by atoms with Gasteiger partial charge in [0.05, 0.1) is 23.9 Å². The van der Waals surface area contributed by atoms with Crippen LogP contribution in [-0.2, 0) is 9.47 Å². The molecule has 6 nitrogen and oxygen atoms in total. The van der Waals surface area contributed by atoms with E-state index in [2.05, 4.69) is 5.32 Å². The maximum absolute atomic E-state index is 11.8. The molecule has 6 heteroatoms. The summed E-state index contributed by atoms with van der Waals surface area (Å²) in [4.78, 5) is 11.8. The van der Waals surface area contributed by atoms with Crippen LogP contribution in [0.3, 0.4) is 0 Å². The van der Waals surface area contributed by atoms with Crippen LogP contribution in [0.15, 0.2) is 18.2 Å². The zero-order chi connectivity index (χ0) is 15.9. The van der Waals surface area contributed by atoms with Crippen molar-refractivity contribution in [1.82, 2.24) is 0 Å². The lowest BCUT2D eigenvalue weighted by molar-refractivity contribution is 0.0635. The SMILES string of the molecule is COCCOc1ccc(C#N)cc1NC(=O)OC(C)(C)C. The van der Waals surface area contributed by atoms with Crippen molar-refractivity contribution in [3.63, 3.8) is 0 Å². The lowest BCUT2D eigenvalue weighted by atomic mass is 10.2. The fourth-order valence-electron chi connectivity index (χ4n) is 1.47. The number of amides is 1. The number of methoxy groups -OCH3 is 1. The van der Waals surface area contributed by atoms with Crippen LogP contribution in [0, 0.1) is 11.3 Å². The summed E-state index contributed by atoms with van der Waals surface area (Å²) in [6, 6.07) is 6.78. The number of nitrogens with one attached hydrogen (secondary N) is 1. The van der Waals surface area contributed by atoms with E-state index < -0.39 is 11.7 Å². The summed E-state index contributed by atoms with van der Waals surface area (Å²) < 4.78 is 15.6. The van der Waals surface area contributed by atoms with Crippen LogP contribution in [0.4, 0.5) is 10.5 Å². The lowest BCUT2D eigenvalue weighted by Gasteiger charge is -2.20. The van der Waals surface area contributed by atoms with E-state index in [-0.39, 0.29) is 0 Å². The van der Waals surface area contributed by atoms with Crippen LogP contribution in [-0.4, -0.2) is 32.0 Å². The molecule has 1 aromatic carbocycles. The van der Waals surface area contributed by atoms with Crippen LogP contribution in [0.5, 0.6) is 5.75 Å². The molecule has 1 amide bonds. The summed E-state index contributed by atoms with van der Waals surface area (Å²) in [5.41, 5.74) is 0.202. The first-order chi connectivity index (χ1) is 9.85. The Hall–Kier alpha value is -2.26.